The second kappa shape index (κ2) is 8.11. The number of allylic oxidation sites excluding steroid dienone is 5. The first-order chi connectivity index (χ1) is 14.8. The van der Waals surface area contributed by atoms with E-state index in [-0.39, 0.29) is 45.1 Å². The molecule has 31 heavy (non-hydrogen) atoms. The van der Waals surface area contributed by atoms with Gasteiger partial charge in [-0.15, -0.1) is 0 Å². The number of fused-ring (bicyclic) bond motifs is 1. The Morgan fingerprint density at radius 1 is 0.935 bits per heavy atom. The number of benzene rings is 2. The fourth-order valence-electron chi connectivity index (χ4n) is 4.29. The lowest BCUT2D eigenvalue weighted by Gasteiger charge is -2.34. The molecule has 3 N–H and O–H groups in total. The molecule has 0 radical (unpaired) electrons. The molecule has 0 fully saturated rings. The molecule has 152 valence electrons. The highest BCUT2D eigenvalue weighted by atomic mass is 16.3. The maximum Gasteiger partial charge on any atom is 0.120 e. The molecule has 6 heteroatoms. The maximum atomic E-state index is 11.4. The number of hydrogen-bond acceptors (Lipinski definition) is 6. The van der Waals surface area contributed by atoms with Gasteiger partial charge in [-0.05, 0) is 54.0 Å². The minimum Gasteiger partial charge on any atom is -0.511 e. The molecule has 2 aromatic carbocycles. The zero-order valence-corrected chi connectivity index (χ0v) is 17.0. The van der Waals surface area contributed by atoms with E-state index in [9.17, 15) is 31.1 Å². The summed E-state index contributed by atoms with van der Waals surface area (Å²) in [5.41, 5.74) is 2.27. The van der Waals surface area contributed by atoms with Gasteiger partial charge in [0.2, 0.25) is 0 Å². The van der Waals surface area contributed by atoms with Gasteiger partial charge in [0.15, 0.2) is 0 Å². The summed E-state index contributed by atoms with van der Waals surface area (Å²) in [6.45, 7) is 6.95. The molecule has 0 heterocycles. The Bertz CT molecular complexity index is 1300. The number of aliphatic hydroxyl groups excluding tert-OH is 1. The van der Waals surface area contributed by atoms with E-state index in [1.807, 2.05) is 0 Å². The monoisotopic (exact) mass is 409 g/mol. The lowest BCUT2D eigenvalue weighted by atomic mass is 9.69. The molecule has 2 unspecified atom stereocenters. The predicted octanol–water partition coefficient (Wildman–Crippen LogP) is 4.85. The Kier molecular flexibility index (Phi) is 5.56. The van der Waals surface area contributed by atoms with E-state index < -0.39 is 11.8 Å². The van der Waals surface area contributed by atoms with Crippen LogP contribution in [0.1, 0.15) is 52.1 Å². The van der Waals surface area contributed by atoms with Crippen molar-refractivity contribution in [2.24, 2.45) is 0 Å². The third kappa shape index (κ3) is 3.19. The molecule has 3 rings (SSSR count). The van der Waals surface area contributed by atoms with Crippen LogP contribution in [-0.2, 0) is 0 Å². The number of rotatable bonds is 3. The van der Waals surface area contributed by atoms with Crippen LogP contribution in [0.5, 0.6) is 11.5 Å². The van der Waals surface area contributed by atoms with Crippen LogP contribution in [0, 0.1) is 40.9 Å². The molecule has 0 aliphatic heterocycles. The molecule has 2 atom stereocenters. The second-order valence-electron chi connectivity index (χ2n) is 7.24. The summed E-state index contributed by atoms with van der Waals surface area (Å²) in [6.07, 6.45) is 2.88. The number of aliphatic hydroxyl groups is 1. The number of nitrogens with zero attached hydrogens (tertiary/aromatic N) is 3. The van der Waals surface area contributed by atoms with Gasteiger partial charge in [0.05, 0.1) is 40.8 Å². The average molecular weight is 409 g/mol. The van der Waals surface area contributed by atoms with Crippen LogP contribution in [0.3, 0.4) is 0 Å². The van der Waals surface area contributed by atoms with Gasteiger partial charge >= 0.3 is 0 Å². The van der Waals surface area contributed by atoms with Gasteiger partial charge < -0.3 is 15.3 Å². The summed E-state index contributed by atoms with van der Waals surface area (Å²) in [6, 6.07) is 11.9. The van der Waals surface area contributed by atoms with Crippen molar-refractivity contribution in [1.29, 1.82) is 15.8 Å². The molecule has 0 amide bonds. The summed E-state index contributed by atoms with van der Waals surface area (Å²) in [4.78, 5) is 0. The summed E-state index contributed by atoms with van der Waals surface area (Å²) >= 11 is 0. The molecular formula is C25H19N3O3. The van der Waals surface area contributed by atoms with E-state index in [0.717, 1.165) is 0 Å². The minimum atomic E-state index is -1.06. The highest BCUT2D eigenvalue weighted by Crippen LogP contribution is 2.52. The van der Waals surface area contributed by atoms with Crippen LogP contribution in [0.15, 0.2) is 59.9 Å². The standard InChI is InChI=1S/C25H19N3O3/c1-4-5-15(10-26)22-14(3)21-17(12-28)7-9-19(30)23(21)24(25(22)31)20-13(2)18(29)8-6-16(20)11-27/h4-9,14,24,29-31H,1H2,2-3H3/b15-5-. The van der Waals surface area contributed by atoms with Gasteiger partial charge in [0, 0.05) is 17.1 Å². The van der Waals surface area contributed by atoms with Crippen molar-refractivity contribution in [3.05, 3.63) is 93.3 Å². The first-order valence-corrected chi connectivity index (χ1v) is 9.46. The van der Waals surface area contributed by atoms with Crippen molar-refractivity contribution in [2.75, 3.05) is 0 Å². The van der Waals surface area contributed by atoms with Crippen LogP contribution in [0.2, 0.25) is 0 Å². The Labute approximate surface area is 180 Å². The summed E-state index contributed by atoms with van der Waals surface area (Å²) in [5.74, 6) is -2.12. The van der Waals surface area contributed by atoms with E-state index in [0.29, 0.717) is 16.7 Å². The fraction of sp³-hybridized carbons (Fsp3) is 0.160. The van der Waals surface area contributed by atoms with Gasteiger partial charge in [0.25, 0.3) is 0 Å². The molecule has 6 nitrogen and oxygen atoms in total. The summed E-state index contributed by atoms with van der Waals surface area (Å²) in [5, 5.41) is 61.6. The number of aromatic hydroxyl groups is 2. The zero-order chi connectivity index (χ0) is 22.9. The maximum absolute atomic E-state index is 11.4. The average Bonchev–Trinajstić information content (AvgIpc) is 2.76. The normalized spacial score (nSPS) is 17.8. The number of nitriles is 3. The molecule has 0 saturated heterocycles. The van der Waals surface area contributed by atoms with Gasteiger partial charge in [-0.3, -0.25) is 0 Å². The largest absolute Gasteiger partial charge is 0.511 e. The van der Waals surface area contributed by atoms with Crippen molar-refractivity contribution in [3.63, 3.8) is 0 Å². The molecule has 0 aromatic heterocycles. The quantitative estimate of drug-likeness (QED) is 0.490. The SMILES string of the molecule is C=C/C=C(/C#N)C1=C(O)C(c2c(C#N)ccc(O)c2C)c2c(O)ccc(C#N)c2C1C. The molecule has 0 bridgehead atoms. The lowest BCUT2D eigenvalue weighted by molar-refractivity contribution is 0.358. The van der Waals surface area contributed by atoms with E-state index in [1.165, 1.54) is 36.4 Å². The first-order valence-electron chi connectivity index (χ1n) is 9.46. The summed E-state index contributed by atoms with van der Waals surface area (Å²) < 4.78 is 0. The Morgan fingerprint density at radius 2 is 1.52 bits per heavy atom. The number of phenolic OH excluding ortho intramolecular Hbond substituents is 2. The van der Waals surface area contributed by atoms with Gasteiger partial charge in [0.1, 0.15) is 17.3 Å². The molecule has 1 aliphatic carbocycles. The fourth-order valence-corrected chi connectivity index (χ4v) is 4.29. The van der Waals surface area contributed by atoms with Crippen molar-refractivity contribution < 1.29 is 15.3 Å². The first kappa shape index (κ1) is 21.2. The van der Waals surface area contributed by atoms with Crippen LogP contribution in [0.25, 0.3) is 0 Å². The van der Waals surface area contributed by atoms with Gasteiger partial charge in [-0.2, -0.15) is 15.8 Å². The van der Waals surface area contributed by atoms with Crippen molar-refractivity contribution in [2.45, 2.75) is 25.7 Å². The Hall–Kier alpha value is -4.47. The number of hydrogen-bond donors (Lipinski definition) is 3. The summed E-state index contributed by atoms with van der Waals surface area (Å²) in [7, 11) is 0. The van der Waals surface area contributed by atoms with Gasteiger partial charge in [-0.1, -0.05) is 19.6 Å². The van der Waals surface area contributed by atoms with Crippen LogP contribution in [-0.4, -0.2) is 15.3 Å². The molecule has 1 aliphatic rings. The molecule has 2 aromatic rings. The zero-order valence-electron chi connectivity index (χ0n) is 17.0. The lowest BCUT2D eigenvalue weighted by Crippen LogP contribution is -2.22. The number of phenols is 2. The topological polar surface area (TPSA) is 132 Å². The highest BCUT2D eigenvalue weighted by molar-refractivity contribution is 5.68. The van der Waals surface area contributed by atoms with E-state index >= 15 is 0 Å². The third-order valence-corrected chi connectivity index (χ3v) is 5.68. The second-order valence-corrected chi connectivity index (χ2v) is 7.24. The Balaban J connectivity index is 2.56. The highest BCUT2D eigenvalue weighted by Gasteiger charge is 2.40. The van der Waals surface area contributed by atoms with Crippen LogP contribution < -0.4 is 0 Å². The third-order valence-electron chi connectivity index (χ3n) is 5.68. The predicted molar refractivity (Wildman–Crippen MR) is 114 cm³/mol. The van der Waals surface area contributed by atoms with Crippen LogP contribution in [0.4, 0.5) is 0 Å². The molecular weight excluding hydrogens is 390 g/mol. The van der Waals surface area contributed by atoms with Crippen molar-refractivity contribution in [1.82, 2.24) is 0 Å². The Morgan fingerprint density at radius 3 is 2.06 bits per heavy atom. The molecule has 0 saturated carbocycles. The van der Waals surface area contributed by atoms with E-state index in [4.69, 9.17) is 0 Å². The minimum absolute atomic E-state index is 0.0819. The van der Waals surface area contributed by atoms with Gasteiger partial charge in [-0.25, -0.2) is 0 Å². The smallest absolute Gasteiger partial charge is 0.120 e. The van der Waals surface area contributed by atoms with E-state index in [2.05, 4.69) is 24.8 Å². The molecule has 0 spiro atoms. The van der Waals surface area contributed by atoms with Crippen molar-refractivity contribution in [3.8, 4) is 29.7 Å². The van der Waals surface area contributed by atoms with Crippen molar-refractivity contribution >= 4 is 0 Å². The van der Waals surface area contributed by atoms with E-state index in [1.54, 1.807) is 13.8 Å². The van der Waals surface area contributed by atoms with Crippen LogP contribution >= 0.6 is 0 Å².